The molecule has 2 aliphatic heterocycles. The first-order valence-electron chi connectivity index (χ1n) is 9.16. The lowest BCUT2D eigenvalue weighted by Gasteiger charge is -2.35. The van der Waals surface area contributed by atoms with Crippen molar-refractivity contribution in [2.45, 2.75) is 25.3 Å². The molecule has 0 radical (unpaired) electrons. The van der Waals surface area contributed by atoms with E-state index in [4.69, 9.17) is 10.5 Å². The first-order chi connectivity index (χ1) is 13.9. The molecular weight excluding hydrogens is 396 g/mol. The fourth-order valence-electron chi connectivity index (χ4n) is 3.55. The van der Waals surface area contributed by atoms with Crippen LogP contribution in [0.5, 0.6) is 5.75 Å². The Bertz CT molecular complexity index is 1060. The molecule has 1 fully saturated rings. The minimum absolute atomic E-state index is 0.114. The lowest BCUT2D eigenvalue weighted by Crippen LogP contribution is -2.46. The molecule has 1 aromatic heterocycles. The van der Waals surface area contributed by atoms with E-state index < -0.39 is 10.2 Å². The molecule has 2 aliphatic rings. The number of fused-ring (bicyclic) bond motifs is 1. The van der Waals surface area contributed by atoms with E-state index in [9.17, 15) is 13.2 Å². The van der Waals surface area contributed by atoms with Gasteiger partial charge in [-0.2, -0.15) is 18.6 Å². The van der Waals surface area contributed by atoms with E-state index in [1.807, 2.05) is 0 Å². The average molecular weight is 416 g/mol. The van der Waals surface area contributed by atoms with Gasteiger partial charge in [0.15, 0.2) is 5.84 Å². The van der Waals surface area contributed by atoms with Crippen LogP contribution >= 0.6 is 0 Å². The number of anilines is 1. The van der Waals surface area contributed by atoms with E-state index in [1.165, 1.54) is 12.4 Å². The third-order valence-electron chi connectivity index (χ3n) is 4.89. The molecule has 29 heavy (non-hydrogen) atoms. The first kappa shape index (κ1) is 19.1. The number of nitrogens with one attached hydrogen (secondary N) is 1. The number of hydrogen-bond acceptors (Lipinski definition) is 7. The van der Waals surface area contributed by atoms with Crippen molar-refractivity contribution in [2.24, 2.45) is 10.1 Å². The summed E-state index contributed by atoms with van der Waals surface area (Å²) in [6, 6.07) is 6.47. The number of rotatable bonds is 4. The van der Waals surface area contributed by atoms with E-state index in [2.05, 4.69) is 19.3 Å². The van der Waals surface area contributed by atoms with Crippen LogP contribution in [-0.2, 0) is 10.2 Å². The van der Waals surface area contributed by atoms with Crippen molar-refractivity contribution in [2.75, 3.05) is 17.9 Å². The van der Waals surface area contributed by atoms with Gasteiger partial charge in [0.2, 0.25) is 0 Å². The predicted molar refractivity (Wildman–Crippen MR) is 106 cm³/mol. The number of ether oxygens (including phenoxy) is 1. The Morgan fingerprint density at radius 1 is 1.28 bits per heavy atom. The fourth-order valence-corrected chi connectivity index (χ4v) is 4.39. The van der Waals surface area contributed by atoms with E-state index in [1.54, 1.807) is 29.2 Å². The Labute approximate surface area is 168 Å². The highest BCUT2D eigenvalue weighted by Crippen LogP contribution is 2.31. The number of nitrogens with zero attached hydrogens (tertiary/aromatic N) is 4. The third-order valence-corrected chi connectivity index (χ3v) is 5.81. The van der Waals surface area contributed by atoms with E-state index in [0.717, 1.165) is 19.3 Å². The zero-order chi connectivity index (χ0) is 20.4. The highest BCUT2D eigenvalue weighted by Gasteiger charge is 2.29. The van der Waals surface area contributed by atoms with Crippen molar-refractivity contribution in [3.05, 3.63) is 47.8 Å². The highest BCUT2D eigenvalue weighted by atomic mass is 32.2. The molecule has 1 saturated heterocycles. The summed E-state index contributed by atoms with van der Waals surface area (Å²) in [6.45, 7) is 0.881. The molecule has 152 valence electrons. The van der Waals surface area contributed by atoms with Crippen LogP contribution in [0.25, 0.3) is 0 Å². The number of carbonyl (C=O) groups is 1. The topological polar surface area (TPSA) is 140 Å². The third kappa shape index (κ3) is 3.99. The molecule has 2 aromatic rings. The Morgan fingerprint density at radius 2 is 2.14 bits per heavy atom. The quantitative estimate of drug-likeness (QED) is 0.755. The number of benzene rings is 1. The predicted octanol–water partition coefficient (Wildman–Crippen LogP) is 0.926. The first-order valence-corrected chi connectivity index (χ1v) is 10.6. The molecule has 0 bridgehead atoms. The molecule has 4 rings (SSSR count). The second-order valence-corrected chi connectivity index (χ2v) is 8.16. The molecule has 0 saturated carbocycles. The van der Waals surface area contributed by atoms with Gasteiger partial charge in [0.25, 0.3) is 5.91 Å². The lowest BCUT2D eigenvalue weighted by molar-refractivity contribution is 0.0527. The standard InChI is InChI=1S/C18H20N6O4S/c19-17-16-14(22-29(26,27)23-17)5-3-6-15(16)28-11-13-4-1-2-9-24(13)18(25)12-7-8-20-21-10-12/h3,5-8,10,13,22H,1-2,4,9,11H2,(H2,19,23). The number of aromatic nitrogens is 2. The molecule has 1 unspecified atom stereocenters. The van der Waals surface area contributed by atoms with Gasteiger partial charge >= 0.3 is 10.2 Å². The van der Waals surface area contributed by atoms with Crippen LogP contribution in [0.4, 0.5) is 5.69 Å². The molecule has 10 nitrogen and oxygen atoms in total. The Balaban J connectivity index is 1.53. The van der Waals surface area contributed by atoms with Crippen LogP contribution in [-0.4, -0.2) is 54.5 Å². The number of amidine groups is 1. The number of hydrogen-bond donors (Lipinski definition) is 2. The van der Waals surface area contributed by atoms with E-state index in [0.29, 0.717) is 29.1 Å². The fraction of sp³-hybridized carbons (Fsp3) is 0.333. The lowest BCUT2D eigenvalue weighted by atomic mass is 10.0. The van der Waals surface area contributed by atoms with Crippen molar-refractivity contribution < 1.29 is 17.9 Å². The largest absolute Gasteiger partial charge is 0.491 e. The summed E-state index contributed by atoms with van der Waals surface area (Å²) in [5.41, 5.74) is 7.05. The number of carbonyl (C=O) groups excluding carboxylic acids is 1. The second kappa shape index (κ2) is 7.66. The van der Waals surface area contributed by atoms with Crippen LogP contribution < -0.4 is 15.2 Å². The Kier molecular flexibility index (Phi) is 5.05. The van der Waals surface area contributed by atoms with Crippen molar-refractivity contribution in [1.29, 1.82) is 0 Å². The Morgan fingerprint density at radius 3 is 2.93 bits per heavy atom. The number of nitrogens with two attached hydrogens (primary N) is 1. The monoisotopic (exact) mass is 416 g/mol. The minimum Gasteiger partial charge on any atom is -0.491 e. The zero-order valence-electron chi connectivity index (χ0n) is 15.5. The highest BCUT2D eigenvalue weighted by molar-refractivity contribution is 7.91. The van der Waals surface area contributed by atoms with Gasteiger partial charge < -0.3 is 15.4 Å². The van der Waals surface area contributed by atoms with Gasteiger partial charge in [-0.15, -0.1) is 4.40 Å². The molecule has 3 N–H and O–H groups in total. The summed E-state index contributed by atoms with van der Waals surface area (Å²) < 4.78 is 35.3. The Hall–Kier alpha value is -3.21. The van der Waals surface area contributed by atoms with Crippen LogP contribution in [0, 0.1) is 0 Å². The van der Waals surface area contributed by atoms with Gasteiger partial charge in [-0.25, -0.2) is 0 Å². The molecule has 3 heterocycles. The minimum atomic E-state index is -3.85. The summed E-state index contributed by atoms with van der Waals surface area (Å²) in [5.74, 6) is 0.167. The van der Waals surface area contributed by atoms with Crippen molar-refractivity contribution in [3.63, 3.8) is 0 Å². The summed E-state index contributed by atoms with van der Waals surface area (Å²) >= 11 is 0. The van der Waals surface area contributed by atoms with Gasteiger partial charge in [0.05, 0.1) is 35.2 Å². The number of amides is 1. The van der Waals surface area contributed by atoms with Gasteiger partial charge in [-0.1, -0.05) is 6.07 Å². The van der Waals surface area contributed by atoms with Crippen LogP contribution in [0.3, 0.4) is 0 Å². The van der Waals surface area contributed by atoms with Crippen LogP contribution in [0.2, 0.25) is 0 Å². The normalized spacial score (nSPS) is 20.2. The summed E-state index contributed by atoms with van der Waals surface area (Å²) in [5, 5.41) is 7.48. The zero-order valence-corrected chi connectivity index (χ0v) is 16.3. The number of likely N-dealkylation sites (tertiary alicyclic amines) is 1. The van der Waals surface area contributed by atoms with Crippen LogP contribution in [0.1, 0.15) is 35.2 Å². The van der Waals surface area contributed by atoms with Crippen molar-refractivity contribution >= 4 is 27.6 Å². The summed E-state index contributed by atoms with van der Waals surface area (Å²) in [7, 11) is -3.85. The SMILES string of the molecule is NC1=NS(=O)(=O)Nc2cccc(OCC3CCCCN3C(=O)c3ccnnc3)c21. The van der Waals surface area contributed by atoms with Gasteiger partial charge in [0, 0.05) is 6.54 Å². The van der Waals surface area contributed by atoms with Crippen molar-refractivity contribution in [1.82, 2.24) is 15.1 Å². The maximum atomic E-state index is 12.9. The van der Waals surface area contributed by atoms with Gasteiger partial charge in [-0.3, -0.25) is 9.52 Å². The van der Waals surface area contributed by atoms with Gasteiger partial charge in [-0.05, 0) is 37.5 Å². The molecule has 0 aliphatic carbocycles. The smallest absolute Gasteiger partial charge is 0.344 e. The molecule has 1 atom stereocenters. The average Bonchev–Trinajstić information content (AvgIpc) is 2.71. The van der Waals surface area contributed by atoms with Crippen LogP contribution in [0.15, 0.2) is 41.1 Å². The summed E-state index contributed by atoms with van der Waals surface area (Å²) in [4.78, 5) is 14.7. The van der Waals surface area contributed by atoms with Crippen molar-refractivity contribution in [3.8, 4) is 5.75 Å². The second-order valence-electron chi connectivity index (χ2n) is 6.82. The van der Waals surface area contributed by atoms with E-state index >= 15 is 0 Å². The number of piperidine rings is 1. The molecule has 0 spiro atoms. The maximum absolute atomic E-state index is 12.9. The molecule has 11 heteroatoms. The molecule has 1 aromatic carbocycles. The maximum Gasteiger partial charge on any atom is 0.344 e. The molecule has 1 amide bonds. The van der Waals surface area contributed by atoms with E-state index in [-0.39, 0.29) is 24.4 Å². The molecular formula is C18H20N6O4S. The summed E-state index contributed by atoms with van der Waals surface area (Å²) in [6.07, 6.45) is 5.65. The van der Waals surface area contributed by atoms with Gasteiger partial charge in [0.1, 0.15) is 12.4 Å².